The van der Waals surface area contributed by atoms with E-state index >= 15 is 0 Å². The summed E-state index contributed by atoms with van der Waals surface area (Å²) in [6.07, 6.45) is 4.21. The quantitative estimate of drug-likeness (QED) is 0.504. The van der Waals surface area contributed by atoms with E-state index in [9.17, 15) is 0 Å². The standard InChI is InChI=1S/C20H28GeO2S2/c1-13-9-15(3)19(16(4)10-13)22-21(24-7,25-8)23-20-17(5)11-14(2)12-18(20)6/h9-12H,1-8H3. The minimum atomic E-state index is -3.16. The monoisotopic (exact) mass is 438 g/mol. The molecule has 25 heavy (non-hydrogen) atoms. The van der Waals surface area contributed by atoms with Crippen molar-refractivity contribution in [1.82, 2.24) is 0 Å². The Morgan fingerprint density at radius 1 is 0.600 bits per heavy atom. The summed E-state index contributed by atoms with van der Waals surface area (Å²) in [5.41, 5.74) is 7.24. The van der Waals surface area contributed by atoms with Crippen molar-refractivity contribution in [2.45, 2.75) is 41.5 Å². The number of rotatable bonds is 6. The van der Waals surface area contributed by atoms with Gasteiger partial charge in [-0.2, -0.15) is 0 Å². The average Bonchev–Trinajstić information content (AvgIpc) is 2.52. The van der Waals surface area contributed by atoms with Gasteiger partial charge in [0.05, 0.1) is 0 Å². The average molecular weight is 437 g/mol. The van der Waals surface area contributed by atoms with Gasteiger partial charge in [-0.05, 0) is 0 Å². The second-order valence-electron chi connectivity index (χ2n) is 6.57. The maximum absolute atomic E-state index is 6.65. The Morgan fingerprint density at radius 2 is 0.880 bits per heavy atom. The van der Waals surface area contributed by atoms with E-state index in [4.69, 9.17) is 7.53 Å². The van der Waals surface area contributed by atoms with Crippen LogP contribution in [0.2, 0.25) is 0 Å². The summed E-state index contributed by atoms with van der Waals surface area (Å²) in [4.78, 5) is 0. The van der Waals surface area contributed by atoms with E-state index in [1.165, 1.54) is 33.4 Å². The van der Waals surface area contributed by atoms with Crippen molar-refractivity contribution < 1.29 is 7.53 Å². The second kappa shape index (κ2) is 8.32. The summed E-state index contributed by atoms with van der Waals surface area (Å²) in [5, 5.41) is 0. The van der Waals surface area contributed by atoms with Gasteiger partial charge in [0.2, 0.25) is 0 Å². The van der Waals surface area contributed by atoms with Gasteiger partial charge < -0.3 is 0 Å². The molecule has 2 nitrogen and oxygen atoms in total. The van der Waals surface area contributed by atoms with Gasteiger partial charge >= 0.3 is 163 Å². The number of aryl methyl sites for hydroxylation is 6. The summed E-state index contributed by atoms with van der Waals surface area (Å²) in [7, 11) is 3.51. The SMILES string of the molecule is C[S][Ge]([O]c1c(C)cc(C)cc1C)([O]c1c(C)cc(C)cc1C)[S]C. The van der Waals surface area contributed by atoms with Crippen LogP contribution in [0.1, 0.15) is 33.4 Å². The maximum atomic E-state index is 6.65. The molecule has 0 saturated carbocycles. The molecule has 0 N–H and O–H groups in total. The van der Waals surface area contributed by atoms with Gasteiger partial charge in [0.1, 0.15) is 0 Å². The van der Waals surface area contributed by atoms with E-state index in [1.54, 1.807) is 20.2 Å². The molecule has 136 valence electrons. The fourth-order valence-electron chi connectivity index (χ4n) is 3.18. The van der Waals surface area contributed by atoms with Crippen LogP contribution < -0.4 is 7.53 Å². The summed E-state index contributed by atoms with van der Waals surface area (Å²) in [5.74, 6) is 1.97. The van der Waals surface area contributed by atoms with Gasteiger partial charge in [0.15, 0.2) is 0 Å². The van der Waals surface area contributed by atoms with Crippen LogP contribution in [-0.4, -0.2) is 24.2 Å². The molecule has 0 fully saturated rings. The van der Waals surface area contributed by atoms with Crippen LogP contribution in [0.5, 0.6) is 11.5 Å². The van der Waals surface area contributed by atoms with Crippen molar-refractivity contribution >= 4 is 31.8 Å². The number of benzene rings is 2. The molecule has 5 heteroatoms. The van der Waals surface area contributed by atoms with E-state index in [2.05, 4.69) is 78.3 Å². The van der Waals surface area contributed by atoms with Gasteiger partial charge in [-0.15, -0.1) is 0 Å². The summed E-state index contributed by atoms with van der Waals surface area (Å²) >= 11 is -3.16. The van der Waals surface area contributed by atoms with Crippen LogP contribution >= 0.6 is 20.2 Å². The van der Waals surface area contributed by atoms with Gasteiger partial charge in [-0.1, -0.05) is 0 Å². The summed E-state index contributed by atoms with van der Waals surface area (Å²) in [6.45, 7) is 12.7. The molecule has 0 aromatic heterocycles. The van der Waals surface area contributed by atoms with Crippen LogP contribution in [0.3, 0.4) is 0 Å². The topological polar surface area (TPSA) is 18.5 Å². The van der Waals surface area contributed by atoms with Crippen LogP contribution in [0.25, 0.3) is 0 Å². The third-order valence-corrected chi connectivity index (χ3v) is 20.3. The van der Waals surface area contributed by atoms with E-state index in [0.717, 1.165) is 11.5 Å². The van der Waals surface area contributed by atoms with Gasteiger partial charge in [-0.25, -0.2) is 0 Å². The van der Waals surface area contributed by atoms with E-state index in [1.807, 2.05) is 0 Å². The molecular formula is C20H28GeO2S2. The fraction of sp³-hybridized carbons (Fsp3) is 0.400. The molecule has 2 aromatic rings. The molecular weight excluding hydrogens is 409 g/mol. The predicted octanol–water partition coefficient (Wildman–Crippen LogP) is 6.16. The van der Waals surface area contributed by atoms with Gasteiger partial charge in [0, 0.05) is 0 Å². The van der Waals surface area contributed by atoms with Crippen LogP contribution in [-0.2, 0) is 0 Å². The molecule has 0 heterocycles. The number of hydrogen-bond acceptors (Lipinski definition) is 4. The zero-order valence-electron chi connectivity index (χ0n) is 16.4. The molecule has 0 aliphatic heterocycles. The Labute approximate surface area is 162 Å². The molecule has 0 unspecified atom stereocenters. The molecule has 0 radical (unpaired) electrons. The van der Waals surface area contributed by atoms with Crippen LogP contribution in [0.4, 0.5) is 0 Å². The summed E-state index contributed by atoms with van der Waals surface area (Å²) in [6, 6.07) is 8.72. The molecule has 0 spiro atoms. The normalized spacial score (nSPS) is 11.5. The van der Waals surface area contributed by atoms with Crippen LogP contribution in [0.15, 0.2) is 24.3 Å². The first-order valence-electron chi connectivity index (χ1n) is 8.35. The second-order valence-corrected chi connectivity index (χ2v) is 22.4. The van der Waals surface area contributed by atoms with Crippen molar-refractivity contribution in [3.8, 4) is 11.5 Å². The Kier molecular flexibility index (Phi) is 6.85. The minimum absolute atomic E-state index is 0.983. The van der Waals surface area contributed by atoms with Crippen molar-refractivity contribution in [1.29, 1.82) is 0 Å². The molecule has 0 amide bonds. The molecule has 0 bridgehead atoms. The first-order valence-corrected chi connectivity index (χ1v) is 17.7. The van der Waals surface area contributed by atoms with Crippen LogP contribution in [0, 0.1) is 41.5 Å². The molecule has 0 aliphatic carbocycles. The Bertz CT molecular complexity index is 663. The number of hydrogen-bond donors (Lipinski definition) is 0. The van der Waals surface area contributed by atoms with Crippen molar-refractivity contribution in [2.75, 3.05) is 12.5 Å². The molecule has 0 saturated heterocycles. The third-order valence-electron chi connectivity index (χ3n) is 4.16. The fourth-order valence-corrected chi connectivity index (χ4v) is 13.6. The molecule has 2 rings (SSSR count). The third kappa shape index (κ3) is 4.72. The molecule has 0 aliphatic rings. The molecule has 2 aromatic carbocycles. The van der Waals surface area contributed by atoms with Gasteiger partial charge in [-0.3, -0.25) is 0 Å². The summed E-state index contributed by atoms with van der Waals surface area (Å²) < 4.78 is 13.3. The van der Waals surface area contributed by atoms with Crippen molar-refractivity contribution in [3.05, 3.63) is 57.6 Å². The van der Waals surface area contributed by atoms with Gasteiger partial charge in [0.25, 0.3) is 0 Å². The van der Waals surface area contributed by atoms with E-state index in [0.29, 0.717) is 0 Å². The zero-order valence-corrected chi connectivity index (χ0v) is 20.2. The zero-order chi connectivity index (χ0) is 18.8. The van der Waals surface area contributed by atoms with Crippen molar-refractivity contribution in [2.24, 2.45) is 0 Å². The predicted molar refractivity (Wildman–Crippen MR) is 115 cm³/mol. The Balaban J connectivity index is 2.43. The van der Waals surface area contributed by atoms with E-state index in [-0.39, 0.29) is 0 Å². The first-order chi connectivity index (χ1) is 11.7. The molecule has 0 atom stereocenters. The van der Waals surface area contributed by atoms with Crippen molar-refractivity contribution in [3.63, 3.8) is 0 Å². The Hall–Kier alpha value is -0.717. The first kappa shape index (κ1) is 20.6. The Morgan fingerprint density at radius 3 is 1.12 bits per heavy atom. The van der Waals surface area contributed by atoms with E-state index < -0.39 is 11.7 Å².